The van der Waals surface area contributed by atoms with Gasteiger partial charge in [-0.1, -0.05) is 0 Å². The molecule has 1 heterocycles. The Morgan fingerprint density at radius 1 is 1.36 bits per heavy atom. The first-order valence-corrected chi connectivity index (χ1v) is 3.34. The number of carboxylic acids is 1. The molecule has 0 spiro atoms. The number of hydrogen-bond donors (Lipinski definition) is 1. The standard InChI is InChI=1S/C7H4F3NO3/c8-7(9,10)4-2-1-3(6(13)14)5(12)11-4/h1-2H,(H,11,12)(H,13,14)/p-1. The third-order valence-electron chi connectivity index (χ3n) is 1.43. The Bertz CT molecular complexity index is 421. The number of carboxylic acid groups (broad SMARTS) is 1. The Morgan fingerprint density at radius 2 is 1.93 bits per heavy atom. The molecule has 0 saturated carbocycles. The van der Waals surface area contributed by atoms with Crippen molar-refractivity contribution in [3.05, 3.63) is 33.7 Å². The molecule has 1 aromatic rings. The van der Waals surface area contributed by atoms with Crippen LogP contribution in [0, 0.1) is 0 Å². The number of carbonyl (C=O) groups is 1. The van der Waals surface area contributed by atoms with Gasteiger partial charge in [0.05, 0.1) is 11.5 Å². The molecule has 0 radical (unpaired) electrons. The van der Waals surface area contributed by atoms with Crippen molar-refractivity contribution in [2.75, 3.05) is 0 Å². The van der Waals surface area contributed by atoms with Crippen LogP contribution in [0.3, 0.4) is 0 Å². The first-order chi connectivity index (χ1) is 6.32. The van der Waals surface area contributed by atoms with Gasteiger partial charge in [0.2, 0.25) is 0 Å². The van der Waals surface area contributed by atoms with Gasteiger partial charge < -0.3 is 14.9 Å². The molecule has 1 rings (SSSR count). The summed E-state index contributed by atoms with van der Waals surface area (Å²) in [5.74, 6) is -1.82. The van der Waals surface area contributed by atoms with Crippen molar-refractivity contribution in [1.82, 2.24) is 4.98 Å². The summed E-state index contributed by atoms with van der Waals surface area (Å²) < 4.78 is 35.9. The summed E-state index contributed by atoms with van der Waals surface area (Å²) in [5.41, 5.74) is -3.47. The van der Waals surface area contributed by atoms with Gasteiger partial charge in [0.25, 0.3) is 5.56 Å². The maximum absolute atomic E-state index is 12.0. The van der Waals surface area contributed by atoms with Crippen LogP contribution in [-0.2, 0) is 6.18 Å². The zero-order valence-corrected chi connectivity index (χ0v) is 6.51. The van der Waals surface area contributed by atoms with Crippen LogP contribution in [0.2, 0.25) is 0 Å². The lowest BCUT2D eigenvalue weighted by Gasteiger charge is -2.07. The van der Waals surface area contributed by atoms with E-state index in [1.54, 1.807) is 0 Å². The lowest BCUT2D eigenvalue weighted by molar-refractivity contribution is -0.255. The van der Waals surface area contributed by atoms with Crippen LogP contribution in [0.5, 0.6) is 0 Å². The summed E-state index contributed by atoms with van der Waals surface area (Å²) in [5, 5.41) is 10.2. The maximum atomic E-state index is 12.0. The smallest absolute Gasteiger partial charge is 0.431 e. The molecular formula is C7H3F3NO3-. The van der Waals surface area contributed by atoms with Gasteiger partial charge in [0, 0.05) is 0 Å². The van der Waals surface area contributed by atoms with Gasteiger partial charge in [0.1, 0.15) is 5.69 Å². The molecule has 0 amide bonds. The normalized spacial score (nSPS) is 11.4. The first kappa shape index (κ1) is 10.3. The average Bonchev–Trinajstić information content (AvgIpc) is 2.01. The van der Waals surface area contributed by atoms with Gasteiger partial charge >= 0.3 is 6.18 Å². The van der Waals surface area contributed by atoms with Crippen molar-refractivity contribution in [2.45, 2.75) is 6.18 Å². The molecule has 0 bridgehead atoms. The van der Waals surface area contributed by atoms with E-state index in [1.165, 1.54) is 4.98 Å². The number of aromatic carboxylic acids is 1. The van der Waals surface area contributed by atoms with Crippen LogP contribution in [0.4, 0.5) is 13.2 Å². The molecule has 14 heavy (non-hydrogen) atoms. The van der Waals surface area contributed by atoms with Gasteiger partial charge in [-0.15, -0.1) is 0 Å². The number of halogens is 3. The highest BCUT2D eigenvalue weighted by Crippen LogP contribution is 2.26. The summed E-state index contributed by atoms with van der Waals surface area (Å²) in [4.78, 5) is 22.3. The van der Waals surface area contributed by atoms with E-state index in [2.05, 4.69) is 0 Å². The largest absolute Gasteiger partial charge is 0.545 e. The third-order valence-corrected chi connectivity index (χ3v) is 1.43. The van der Waals surface area contributed by atoms with Crippen molar-refractivity contribution >= 4 is 5.97 Å². The fourth-order valence-electron chi connectivity index (χ4n) is 0.800. The van der Waals surface area contributed by atoms with E-state index in [4.69, 9.17) is 0 Å². The van der Waals surface area contributed by atoms with Gasteiger partial charge in [-0.05, 0) is 12.1 Å². The Hall–Kier alpha value is -1.79. The molecule has 0 aliphatic carbocycles. The van der Waals surface area contributed by atoms with E-state index < -0.39 is 29.0 Å². The summed E-state index contributed by atoms with van der Waals surface area (Å²) in [6.45, 7) is 0. The summed E-state index contributed by atoms with van der Waals surface area (Å²) >= 11 is 0. The molecule has 7 heteroatoms. The average molecular weight is 206 g/mol. The molecule has 76 valence electrons. The molecule has 0 aromatic carbocycles. The molecule has 0 fully saturated rings. The Morgan fingerprint density at radius 3 is 2.29 bits per heavy atom. The summed E-state index contributed by atoms with van der Waals surface area (Å²) in [6, 6.07) is 1.02. The third kappa shape index (κ3) is 1.93. The molecule has 4 nitrogen and oxygen atoms in total. The lowest BCUT2D eigenvalue weighted by Crippen LogP contribution is -2.31. The molecule has 0 atom stereocenters. The first-order valence-electron chi connectivity index (χ1n) is 3.34. The lowest BCUT2D eigenvalue weighted by atomic mass is 10.2. The van der Waals surface area contributed by atoms with Crippen LogP contribution in [0.1, 0.15) is 16.1 Å². The van der Waals surface area contributed by atoms with E-state index in [0.29, 0.717) is 12.1 Å². The van der Waals surface area contributed by atoms with Gasteiger partial charge in [-0.3, -0.25) is 4.79 Å². The Balaban J connectivity index is 3.27. The van der Waals surface area contributed by atoms with Crippen molar-refractivity contribution in [1.29, 1.82) is 0 Å². The van der Waals surface area contributed by atoms with E-state index in [-0.39, 0.29) is 0 Å². The number of carbonyl (C=O) groups excluding carboxylic acids is 1. The van der Waals surface area contributed by atoms with E-state index in [9.17, 15) is 27.9 Å². The van der Waals surface area contributed by atoms with Crippen molar-refractivity contribution in [3.8, 4) is 0 Å². The molecule has 1 N–H and O–H groups in total. The molecular weight excluding hydrogens is 203 g/mol. The monoisotopic (exact) mass is 206 g/mol. The topological polar surface area (TPSA) is 73.0 Å². The van der Waals surface area contributed by atoms with Gasteiger partial charge in [-0.2, -0.15) is 13.2 Å². The van der Waals surface area contributed by atoms with Crippen LogP contribution in [0.15, 0.2) is 16.9 Å². The number of nitrogens with one attached hydrogen (secondary N) is 1. The molecule has 0 unspecified atom stereocenters. The maximum Gasteiger partial charge on any atom is 0.431 e. The second-order valence-electron chi connectivity index (χ2n) is 2.40. The highest BCUT2D eigenvalue weighted by atomic mass is 19.4. The van der Waals surface area contributed by atoms with E-state index >= 15 is 0 Å². The quantitative estimate of drug-likeness (QED) is 0.688. The number of H-pyrrole nitrogens is 1. The highest BCUT2D eigenvalue weighted by Gasteiger charge is 2.31. The number of hydrogen-bond acceptors (Lipinski definition) is 3. The van der Waals surface area contributed by atoms with Gasteiger partial charge in [-0.25, -0.2) is 0 Å². The molecule has 1 aromatic heterocycles. The van der Waals surface area contributed by atoms with Crippen LogP contribution in [0.25, 0.3) is 0 Å². The highest BCUT2D eigenvalue weighted by molar-refractivity contribution is 5.85. The van der Waals surface area contributed by atoms with Crippen LogP contribution in [-0.4, -0.2) is 11.0 Å². The number of rotatable bonds is 1. The van der Waals surface area contributed by atoms with Crippen LogP contribution < -0.4 is 10.7 Å². The molecule has 0 aliphatic heterocycles. The number of aromatic amines is 1. The molecule has 0 aliphatic rings. The number of alkyl halides is 3. The minimum atomic E-state index is -4.70. The Labute approximate surface area is 75.0 Å². The predicted octanol–water partition coefficient (Wildman–Crippen LogP) is -0.243. The second kappa shape index (κ2) is 3.17. The summed E-state index contributed by atoms with van der Waals surface area (Å²) in [6.07, 6.45) is -4.70. The fraction of sp³-hybridized carbons (Fsp3) is 0.143. The fourth-order valence-corrected chi connectivity index (χ4v) is 0.800. The van der Waals surface area contributed by atoms with Crippen molar-refractivity contribution in [3.63, 3.8) is 0 Å². The zero-order chi connectivity index (χ0) is 10.9. The Kier molecular flexibility index (Phi) is 2.33. The van der Waals surface area contributed by atoms with Crippen molar-refractivity contribution < 1.29 is 23.1 Å². The SMILES string of the molecule is O=C([O-])c1ccc(C(F)(F)F)[nH]c1=O. The molecule has 0 saturated heterocycles. The minimum Gasteiger partial charge on any atom is -0.545 e. The van der Waals surface area contributed by atoms with Crippen molar-refractivity contribution in [2.24, 2.45) is 0 Å². The van der Waals surface area contributed by atoms with Crippen LogP contribution >= 0.6 is 0 Å². The minimum absolute atomic E-state index is 0.465. The van der Waals surface area contributed by atoms with Gasteiger partial charge in [0.15, 0.2) is 0 Å². The van der Waals surface area contributed by atoms with E-state index in [0.717, 1.165) is 0 Å². The van der Waals surface area contributed by atoms with E-state index in [1.807, 2.05) is 0 Å². The predicted molar refractivity (Wildman–Crippen MR) is 36.4 cm³/mol. The number of pyridine rings is 1. The zero-order valence-electron chi connectivity index (χ0n) is 6.51. The summed E-state index contributed by atoms with van der Waals surface area (Å²) in [7, 11) is 0. The number of aromatic nitrogens is 1. The second-order valence-corrected chi connectivity index (χ2v) is 2.40.